The van der Waals surface area contributed by atoms with Crippen molar-refractivity contribution in [1.82, 2.24) is 25.5 Å². The number of nitrogens with one attached hydrogen (secondary N) is 2. The van der Waals surface area contributed by atoms with Gasteiger partial charge >= 0.3 is 6.03 Å². The van der Waals surface area contributed by atoms with E-state index in [0.717, 1.165) is 11.8 Å². The number of halogens is 2. The van der Waals surface area contributed by atoms with Crippen molar-refractivity contribution in [3.8, 4) is 11.4 Å². The zero-order chi connectivity index (χ0) is 17.0. The molecule has 3 amide bonds. The fraction of sp³-hybridized carbons (Fsp3) is 0.167. The number of aromatic nitrogens is 3. The van der Waals surface area contributed by atoms with Gasteiger partial charge in [0.05, 0.1) is 10.8 Å². The van der Waals surface area contributed by atoms with Crippen LogP contribution in [0.25, 0.3) is 11.4 Å². The summed E-state index contributed by atoms with van der Waals surface area (Å²) in [6, 6.07) is 4.29. The van der Waals surface area contributed by atoms with Gasteiger partial charge in [-0.05, 0) is 18.2 Å². The monoisotopic (exact) mass is 374 g/mol. The molecule has 0 spiro atoms. The first-order valence-corrected chi connectivity index (χ1v) is 7.96. The smallest absolute Gasteiger partial charge is 0.321 e. The Morgan fingerprint density at radius 2 is 2.09 bits per heavy atom. The molecule has 0 unspecified atom stereocenters. The van der Waals surface area contributed by atoms with Crippen LogP contribution >= 0.6 is 35.0 Å². The minimum absolute atomic E-state index is 0.0496. The third kappa shape index (κ3) is 4.27. The second-order valence-electron chi connectivity index (χ2n) is 4.22. The summed E-state index contributed by atoms with van der Waals surface area (Å²) in [5.41, 5.74) is 0.524. The van der Waals surface area contributed by atoms with E-state index in [2.05, 4.69) is 20.8 Å². The Morgan fingerprint density at radius 3 is 2.78 bits per heavy atom. The van der Waals surface area contributed by atoms with Crippen molar-refractivity contribution in [3.63, 3.8) is 0 Å². The Hall–Kier alpha value is -1.97. The zero-order valence-corrected chi connectivity index (χ0v) is 14.2. The van der Waals surface area contributed by atoms with Crippen LogP contribution in [-0.2, 0) is 4.79 Å². The largest absolute Gasteiger partial charge is 0.341 e. The number of urea groups is 1. The number of carbonyl (C=O) groups excluding carboxylic acids is 2. The molecule has 11 heteroatoms. The van der Waals surface area contributed by atoms with Crippen LogP contribution in [0, 0.1) is 0 Å². The molecule has 2 aromatic rings. The van der Waals surface area contributed by atoms with Gasteiger partial charge in [-0.1, -0.05) is 35.0 Å². The number of carbonyl (C=O) groups is 2. The molecule has 4 N–H and O–H groups in total. The topological polar surface area (TPSA) is 115 Å². The van der Waals surface area contributed by atoms with Crippen LogP contribution in [0.2, 0.25) is 10.0 Å². The average molecular weight is 375 g/mol. The van der Waals surface area contributed by atoms with Gasteiger partial charge in [0.25, 0.3) is 0 Å². The van der Waals surface area contributed by atoms with Gasteiger partial charge in [0, 0.05) is 17.6 Å². The lowest BCUT2D eigenvalue weighted by atomic mass is 10.2. The summed E-state index contributed by atoms with van der Waals surface area (Å²) in [5.74, 6) is 5.70. The van der Waals surface area contributed by atoms with E-state index in [1.807, 2.05) is 0 Å². The minimum atomic E-state index is -0.587. The Morgan fingerprint density at radius 1 is 1.35 bits per heavy atom. The highest BCUT2D eigenvalue weighted by atomic mass is 35.5. The molecule has 0 bridgehead atoms. The average Bonchev–Trinajstić information content (AvgIpc) is 2.88. The number of imide groups is 1. The zero-order valence-electron chi connectivity index (χ0n) is 11.8. The number of hydrogen-bond acceptors (Lipinski definition) is 6. The lowest BCUT2D eigenvalue weighted by Crippen LogP contribution is -2.38. The van der Waals surface area contributed by atoms with Crippen molar-refractivity contribution in [1.29, 1.82) is 0 Å². The summed E-state index contributed by atoms with van der Waals surface area (Å²) in [6.07, 6.45) is 0. The third-order valence-corrected chi connectivity index (χ3v) is 4.15. The number of benzene rings is 1. The van der Waals surface area contributed by atoms with E-state index in [1.165, 1.54) is 11.7 Å². The fourth-order valence-electron chi connectivity index (χ4n) is 1.58. The van der Waals surface area contributed by atoms with Crippen LogP contribution < -0.4 is 16.5 Å². The summed E-state index contributed by atoms with van der Waals surface area (Å²) >= 11 is 13.1. The molecule has 1 heterocycles. The second-order valence-corrected chi connectivity index (χ2v) is 6.00. The van der Waals surface area contributed by atoms with E-state index in [0.29, 0.717) is 26.6 Å². The quantitative estimate of drug-likeness (QED) is 0.551. The van der Waals surface area contributed by atoms with Gasteiger partial charge in [-0.2, -0.15) is 0 Å². The van der Waals surface area contributed by atoms with E-state index < -0.39 is 11.9 Å². The van der Waals surface area contributed by atoms with Crippen LogP contribution in [0.5, 0.6) is 0 Å². The molecular weight excluding hydrogens is 363 g/mol. The third-order valence-electron chi connectivity index (χ3n) is 2.65. The fourth-order valence-corrected chi connectivity index (χ4v) is 2.61. The summed E-state index contributed by atoms with van der Waals surface area (Å²) in [6.45, 7) is 0. The maximum atomic E-state index is 11.5. The van der Waals surface area contributed by atoms with Crippen molar-refractivity contribution in [2.24, 2.45) is 0 Å². The Kier molecular flexibility index (Phi) is 5.69. The maximum absolute atomic E-state index is 11.5. The molecule has 8 nitrogen and oxygen atoms in total. The molecule has 0 aliphatic heterocycles. The molecule has 0 saturated heterocycles. The Balaban J connectivity index is 2.12. The van der Waals surface area contributed by atoms with Crippen LogP contribution in [0.1, 0.15) is 0 Å². The van der Waals surface area contributed by atoms with Crippen LogP contribution in [0.3, 0.4) is 0 Å². The normalized spacial score (nSPS) is 10.4. The van der Waals surface area contributed by atoms with Crippen LogP contribution in [0.4, 0.5) is 4.79 Å². The van der Waals surface area contributed by atoms with Gasteiger partial charge in [0.15, 0.2) is 5.82 Å². The summed E-state index contributed by atoms with van der Waals surface area (Å²) in [4.78, 5) is 22.6. The van der Waals surface area contributed by atoms with E-state index in [1.54, 1.807) is 18.2 Å². The summed E-state index contributed by atoms with van der Waals surface area (Å²) in [5, 5.41) is 13.5. The first-order valence-electron chi connectivity index (χ1n) is 6.22. The minimum Gasteiger partial charge on any atom is -0.341 e. The molecule has 122 valence electrons. The number of nitrogen functional groups attached to an aromatic ring is 1. The highest BCUT2D eigenvalue weighted by Crippen LogP contribution is 2.30. The van der Waals surface area contributed by atoms with Gasteiger partial charge in [-0.3, -0.25) is 10.1 Å². The molecule has 1 aromatic carbocycles. The van der Waals surface area contributed by atoms with Gasteiger partial charge in [-0.25, -0.2) is 9.47 Å². The number of hydrogen-bond donors (Lipinski definition) is 3. The predicted molar refractivity (Wildman–Crippen MR) is 89.0 cm³/mol. The number of nitrogens with zero attached hydrogens (tertiary/aromatic N) is 3. The van der Waals surface area contributed by atoms with E-state index >= 15 is 0 Å². The van der Waals surface area contributed by atoms with E-state index in [-0.39, 0.29) is 5.75 Å². The van der Waals surface area contributed by atoms with Crippen molar-refractivity contribution in [3.05, 3.63) is 28.2 Å². The molecule has 23 heavy (non-hydrogen) atoms. The molecule has 0 aliphatic carbocycles. The molecule has 0 saturated carbocycles. The summed E-state index contributed by atoms with van der Waals surface area (Å²) in [7, 11) is 1.41. The van der Waals surface area contributed by atoms with Crippen molar-refractivity contribution < 1.29 is 9.59 Å². The predicted octanol–water partition coefficient (Wildman–Crippen LogP) is 1.51. The first-order chi connectivity index (χ1) is 10.9. The number of amides is 3. The van der Waals surface area contributed by atoms with Gasteiger partial charge in [0.2, 0.25) is 11.1 Å². The number of nitrogens with two attached hydrogens (primary N) is 1. The molecule has 0 fully saturated rings. The molecule has 0 aliphatic rings. The van der Waals surface area contributed by atoms with Gasteiger partial charge in [0.1, 0.15) is 0 Å². The molecule has 0 atom stereocenters. The van der Waals surface area contributed by atoms with Gasteiger partial charge < -0.3 is 11.2 Å². The first kappa shape index (κ1) is 17.4. The SMILES string of the molecule is CNC(=O)NC(=O)CSc1nnc(-c2cc(Cl)ccc2Cl)n1N. The van der Waals surface area contributed by atoms with Crippen LogP contribution in [-0.4, -0.2) is 39.6 Å². The highest BCUT2D eigenvalue weighted by Gasteiger charge is 2.16. The summed E-state index contributed by atoms with van der Waals surface area (Å²) < 4.78 is 1.20. The number of rotatable bonds is 4. The van der Waals surface area contributed by atoms with Crippen molar-refractivity contribution in [2.75, 3.05) is 18.6 Å². The molecular formula is C12H12Cl2N6O2S. The lowest BCUT2D eigenvalue weighted by Gasteiger charge is -2.06. The molecule has 2 rings (SSSR count). The number of thioether (sulfide) groups is 1. The molecule has 1 aromatic heterocycles. The Bertz CT molecular complexity index is 751. The lowest BCUT2D eigenvalue weighted by molar-refractivity contribution is -0.117. The van der Waals surface area contributed by atoms with Gasteiger partial charge in [-0.15, -0.1) is 10.2 Å². The van der Waals surface area contributed by atoms with Crippen LogP contribution in [0.15, 0.2) is 23.4 Å². The van der Waals surface area contributed by atoms with Crippen molar-refractivity contribution in [2.45, 2.75) is 5.16 Å². The maximum Gasteiger partial charge on any atom is 0.321 e. The standard InChI is InChI=1S/C12H12Cl2N6O2S/c1-16-11(22)17-9(21)5-23-12-19-18-10(20(12)15)7-4-6(13)2-3-8(7)14/h2-4H,5,15H2,1H3,(H2,16,17,21,22). The molecule has 0 radical (unpaired) electrons. The van der Waals surface area contributed by atoms with E-state index in [9.17, 15) is 9.59 Å². The van der Waals surface area contributed by atoms with E-state index in [4.69, 9.17) is 29.0 Å². The second kappa shape index (κ2) is 7.53. The van der Waals surface area contributed by atoms with Crippen molar-refractivity contribution >= 4 is 46.9 Å². The Labute approximate surface area is 145 Å². The highest BCUT2D eigenvalue weighted by molar-refractivity contribution is 7.99.